The molecule has 0 unspecified atom stereocenters. The number of fused-ring (bicyclic) bond motifs is 1. The maximum absolute atomic E-state index is 12.6. The summed E-state index contributed by atoms with van der Waals surface area (Å²) in [6, 6.07) is 15.0. The van der Waals surface area contributed by atoms with E-state index in [1.54, 1.807) is 16.5 Å². The Morgan fingerprint density at radius 3 is 2.59 bits per heavy atom. The summed E-state index contributed by atoms with van der Waals surface area (Å²) in [4.78, 5) is 26.6. The Labute approximate surface area is 158 Å². The topological polar surface area (TPSA) is 51.5 Å². The highest BCUT2D eigenvalue weighted by Gasteiger charge is 2.16. The molecule has 0 N–H and O–H groups in total. The van der Waals surface area contributed by atoms with E-state index in [-0.39, 0.29) is 18.1 Å². The van der Waals surface area contributed by atoms with Crippen molar-refractivity contribution in [1.82, 2.24) is 4.57 Å². The second-order valence-electron chi connectivity index (χ2n) is 6.64. The molecule has 1 aromatic heterocycles. The van der Waals surface area contributed by atoms with Crippen molar-refractivity contribution in [2.45, 2.75) is 27.3 Å². The maximum atomic E-state index is 12.6. The van der Waals surface area contributed by atoms with Crippen molar-refractivity contribution in [3.05, 3.63) is 70.0 Å². The van der Waals surface area contributed by atoms with E-state index in [1.807, 2.05) is 63.2 Å². The van der Waals surface area contributed by atoms with E-state index in [4.69, 9.17) is 4.74 Å². The van der Waals surface area contributed by atoms with Gasteiger partial charge in [-0.05, 0) is 50.1 Å². The number of aromatic nitrogens is 1. The second-order valence-corrected chi connectivity index (χ2v) is 6.64. The van der Waals surface area contributed by atoms with Gasteiger partial charge in [0.1, 0.15) is 5.75 Å². The van der Waals surface area contributed by atoms with Gasteiger partial charge >= 0.3 is 0 Å². The maximum Gasteiger partial charge on any atom is 0.264 e. The van der Waals surface area contributed by atoms with Gasteiger partial charge in [0.2, 0.25) is 0 Å². The fourth-order valence-corrected chi connectivity index (χ4v) is 3.20. The predicted octanol–water partition coefficient (Wildman–Crippen LogP) is 3.68. The molecule has 0 atom stereocenters. The molecule has 0 aliphatic carbocycles. The van der Waals surface area contributed by atoms with Crippen LogP contribution in [-0.2, 0) is 11.3 Å². The van der Waals surface area contributed by atoms with Crippen LogP contribution in [0.15, 0.2) is 53.3 Å². The molecular formula is C22H24N2O3. The zero-order valence-corrected chi connectivity index (χ0v) is 16.2. The van der Waals surface area contributed by atoms with E-state index in [9.17, 15) is 9.59 Å². The molecule has 0 aliphatic heterocycles. The Kier molecular flexibility index (Phi) is 5.31. The van der Waals surface area contributed by atoms with Crippen LogP contribution in [0.1, 0.15) is 18.1 Å². The van der Waals surface area contributed by atoms with E-state index in [1.165, 1.54) is 6.07 Å². The molecule has 0 saturated carbocycles. The van der Waals surface area contributed by atoms with Gasteiger partial charge < -0.3 is 14.2 Å². The molecule has 3 aromatic rings. The number of pyridine rings is 1. The number of rotatable bonds is 5. The molecule has 140 valence electrons. The van der Waals surface area contributed by atoms with Crippen LogP contribution >= 0.6 is 0 Å². The molecule has 1 heterocycles. The molecule has 0 radical (unpaired) electrons. The first-order chi connectivity index (χ1) is 12.9. The number of ether oxygens (including phenoxy) is 1. The van der Waals surface area contributed by atoms with Crippen molar-refractivity contribution in [1.29, 1.82) is 0 Å². The minimum atomic E-state index is -0.174. The van der Waals surface area contributed by atoms with E-state index < -0.39 is 0 Å². The van der Waals surface area contributed by atoms with Crippen LogP contribution in [0.3, 0.4) is 0 Å². The zero-order chi connectivity index (χ0) is 19.6. The van der Waals surface area contributed by atoms with Gasteiger partial charge in [0.15, 0.2) is 6.61 Å². The van der Waals surface area contributed by atoms with Gasteiger partial charge in [-0.15, -0.1) is 0 Å². The Morgan fingerprint density at radius 2 is 1.85 bits per heavy atom. The van der Waals surface area contributed by atoms with Gasteiger partial charge in [0, 0.05) is 30.7 Å². The van der Waals surface area contributed by atoms with Crippen LogP contribution < -0.4 is 15.2 Å². The number of nitrogens with zero attached hydrogens (tertiary/aromatic N) is 2. The number of carbonyl (C=O) groups is 1. The van der Waals surface area contributed by atoms with Gasteiger partial charge in [-0.3, -0.25) is 9.59 Å². The summed E-state index contributed by atoms with van der Waals surface area (Å²) in [6.45, 7) is 6.33. The number of likely N-dealkylation sites (N-methyl/N-ethyl adjacent to an activating group) is 1. The molecule has 0 aliphatic rings. The standard InChI is InChI=1S/C22H24N2O3/c1-5-24-18-9-7-6-8-17(18)20(13-21(24)25)27-14-22(26)23(4)19-12-15(2)10-11-16(19)3/h6-13H,5,14H2,1-4H3. The van der Waals surface area contributed by atoms with E-state index in [0.29, 0.717) is 12.3 Å². The fourth-order valence-electron chi connectivity index (χ4n) is 3.20. The van der Waals surface area contributed by atoms with Crippen LogP contribution in [-0.4, -0.2) is 24.1 Å². The molecule has 0 bridgehead atoms. The monoisotopic (exact) mass is 364 g/mol. The van der Waals surface area contributed by atoms with Crippen LogP contribution in [0.2, 0.25) is 0 Å². The summed E-state index contributed by atoms with van der Waals surface area (Å²) in [6.07, 6.45) is 0. The van der Waals surface area contributed by atoms with Crippen LogP contribution in [0.5, 0.6) is 5.75 Å². The van der Waals surface area contributed by atoms with Crippen LogP contribution in [0.4, 0.5) is 5.69 Å². The molecule has 0 fully saturated rings. The minimum absolute atomic E-state index is 0.135. The van der Waals surface area contributed by atoms with Crippen LogP contribution in [0, 0.1) is 13.8 Å². The highest BCUT2D eigenvalue weighted by molar-refractivity contribution is 5.95. The fraction of sp³-hybridized carbons (Fsp3) is 0.273. The van der Waals surface area contributed by atoms with Crippen molar-refractivity contribution in [3.63, 3.8) is 0 Å². The number of para-hydroxylation sites is 1. The lowest BCUT2D eigenvalue weighted by Crippen LogP contribution is -2.32. The van der Waals surface area contributed by atoms with Crippen molar-refractivity contribution < 1.29 is 9.53 Å². The lowest BCUT2D eigenvalue weighted by Gasteiger charge is -2.21. The van der Waals surface area contributed by atoms with E-state index in [0.717, 1.165) is 27.7 Å². The average Bonchev–Trinajstić information content (AvgIpc) is 2.67. The summed E-state index contributed by atoms with van der Waals surface area (Å²) >= 11 is 0. The smallest absolute Gasteiger partial charge is 0.264 e. The number of anilines is 1. The molecule has 0 saturated heterocycles. The number of hydrogen-bond acceptors (Lipinski definition) is 3. The zero-order valence-electron chi connectivity index (χ0n) is 16.2. The van der Waals surface area contributed by atoms with Gasteiger partial charge in [-0.2, -0.15) is 0 Å². The minimum Gasteiger partial charge on any atom is -0.483 e. The molecule has 27 heavy (non-hydrogen) atoms. The third-order valence-electron chi connectivity index (χ3n) is 4.75. The van der Waals surface area contributed by atoms with Gasteiger partial charge in [0.05, 0.1) is 5.52 Å². The van der Waals surface area contributed by atoms with Gasteiger partial charge in [-0.25, -0.2) is 0 Å². The Hall–Kier alpha value is -3.08. The Bertz CT molecular complexity index is 1050. The van der Waals surface area contributed by atoms with E-state index in [2.05, 4.69) is 0 Å². The first kappa shape index (κ1) is 18.7. The highest BCUT2D eigenvalue weighted by atomic mass is 16.5. The first-order valence-electron chi connectivity index (χ1n) is 9.01. The number of benzene rings is 2. The SMILES string of the molecule is CCn1c(=O)cc(OCC(=O)N(C)c2cc(C)ccc2C)c2ccccc21. The van der Waals surface area contributed by atoms with E-state index >= 15 is 0 Å². The normalized spacial score (nSPS) is 10.8. The molecule has 5 nitrogen and oxygen atoms in total. The Balaban J connectivity index is 1.85. The van der Waals surface area contributed by atoms with Crippen LogP contribution in [0.25, 0.3) is 10.9 Å². The molecule has 1 amide bonds. The predicted molar refractivity (Wildman–Crippen MR) is 109 cm³/mol. The van der Waals surface area contributed by atoms with Gasteiger partial charge in [0.25, 0.3) is 11.5 Å². The molecule has 0 spiro atoms. The third kappa shape index (κ3) is 3.72. The van der Waals surface area contributed by atoms with Crippen molar-refractivity contribution in [2.75, 3.05) is 18.6 Å². The third-order valence-corrected chi connectivity index (χ3v) is 4.75. The average molecular weight is 364 g/mol. The highest BCUT2D eigenvalue weighted by Crippen LogP contribution is 2.24. The molecular weight excluding hydrogens is 340 g/mol. The molecule has 3 rings (SSSR count). The lowest BCUT2D eigenvalue weighted by molar-refractivity contribution is -0.120. The van der Waals surface area contributed by atoms with Crippen molar-refractivity contribution >= 4 is 22.5 Å². The first-order valence-corrected chi connectivity index (χ1v) is 9.01. The van der Waals surface area contributed by atoms with Gasteiger partial charge in [-0.1, -0.05) is 24.3 Å². The summed E-state index contributed by atoms with van der Waals surface area (Å²) in [7, 11) is 1.74. The summed E-state index contributed by atoms with van der Waals surface area (Å²) < 4.78 is 7.46. The lowest BCUT2D eigenvalue weighted by atomic mass is 10.1. The quantitative estimate of drug-likeness (QED) is 0.694. The number of amides is 1. The van der Waals surface area contributed by atoms with Crippen molar-refractivity contribution in [3.8, 4) is 5.75 Å². The largest absolute Gasteiger partial charge is 0.483 e. The summed E-state index contributed by atoms with van der Waals surface area (Å²) in [5.74, 6) is 0.260. The summed E-state index contributed by atoms with van der Waals surface area (Å²) in [5.41, 5.74) is 3.63. The van der Waals surface area contributed by atoms with Crippen molar-refractivity contribution in [2.24, 2.45) is 0 Å². The molecule has 5 heteroatoms. The number of hydrogen-bond donors (Lipinski definition) is 0. The number of carbonyl (C=O) groups excluding carboxylic acids is 1. The molecule has 2 aromatic carbocycles. The number of aryl methyl sites for hydroxylation is 3. The summed E-state index contributed by atoms with van der Waals surface area (Å²) in [5, 5.41) is 0.820. The Morgan fingerprint density at radius 1 is 1.11 bits per heavy atom. The second kappa shape index (κ2) is 7.66.